The molecule has 3 aromatic rings. The Morgan fingerprint density at radius 3 is 2.42 bits per heavy atom. The average molecular weight is 472 g/mol. The van der Waals surface area contributed by atoms with E-state index in [0.29, 0.717) is 22.9 Å². The molecule has 2 N–H and O–H groups in total. The van der Waals surface area contributed by atoms with Crippen molar-refractivity contribution < 1.29 is 27.2 Å². The smallest absolute Gasteiger partial charge is 0.263 e. The van der Waals surface area contributed by atoms with Gasteiger partial charge in [-0.1, -0.05) is 11.2 Å². The lowest BCUT2D eigenvalue weighted by atomic mass is 10.2. The third-order valence-electron chi connectivity index (χ3n) is 4.28. The first-order chi connectivity index (χ1) is 15.7. The van der Waals surface area contributed by atoms with Crippen molar-refractivity contribution in [1.82, 2.24) is 5.16 Å². The van der Waals surface area contributed by atoms with Gasteiger partial charge in [-0.2, -0.15) is 0 Å². The van der Waals surface area contributed by atoms with E-state index >= 15 is 0 Å². The zero-order chi connectivity index (χ0) is 24.0. The minimum atomic E-state index is -3.83. The topological polar surface area (TPSA) is 120 Å². The molecule has 0 saturated heterocycles. The van der Waals surface area contributed by atoms with E-state index in [1.807, 2.05) is 19.9 Å². The van der Waals surface area contributed by atoms with E-state index in [1.54, 1.807) is 32.2 Å². The third-order valence-corrected chi connectivity index (χ3v) is 5.65. The van der Waals surface area contributed by atoms with Crippen LogP contribution in [0.5, 0.6) is 11.5 Å². The van der Waals surface area contributed by atoms with Gasteiger partial charge in [0, 0.05) is 17.8 Å². The number of aromatic nitrogens is 1. The second-order valence-electron chi connectivity index (χ2n) is 7.35. The van der Waals surface area contributed by atoms with Gasteiger partial charge in [-0.05, 0) is 68.8 Å². The van der Waals surface area contributed by atoms with Crippen molar-refractivity contribution >= 4 is 33.5 Å². The molecule has 0 saturated carbocycles. The van der Waals surface area contributed by atoms with E-state index in [4.69, 9.17) is 14.0 Å². The van der Waals surface area contributed by atoms with Crippen molar-refractivity contribution in [3.63, 3.8) is 0 Å². The fraction of sp³-hybridized carbons (Fsp3) is 0.217. The SMILES string of the molecule is COc1cc(/C=C/C(=O)Nc2ccc(S(=O)(=O)Nc3cc(C)on3)cc2)ccc1OC(C)C. The van der Waals surface area contributed by atoms with E-state index in [2.05, 4.69) is 15.2 Å². The highest BCUT2D eigenvalue weighted by molar-refractivity contribution is 7.92. The van der Waals surface area contributed by atoms with Crippen LogP contribution in [0, 0.1) is 6.92 Å². The largest absolute Gasteiger partial charge is 0.493 e. The van der Waals surface area contributed by atoms with Crippen LogP contribution >= 0.6 is 0 Å². The predicted molar refractivity (Wildman–Crippen MR) is 125 cm³/mol. The summed E-state index contributed by atoms with van der Waals surface area (Å²) < 4.78 is 43.1. The molecule has 33 heavy (non-hydrogen) atoms. The number of hydrogen-bond acceptors (Lipinski definition) is 7. The first kappa shape index (κ1) is 23.9. The fourth-order valence-electron chi connectivity index (χ4n) is 2.82. The minimum absolute atomic E-state index is 0.00902. The summed E-state index contributed by atoms with van der Waals surface area (Å²) in [5.74, 6) is 1.39. The maximum Gasteiger partial charge on any atom is 0.263 e. The van der Waals surface area contributed by atoms with Crippen LogP contribution in [0.25, 0.3) is 6.08 Å². The summed E-state index contributed by atoms with van der Waals surface area (Å²) in [6.45, 7) is 5.50. The average Bonchev–Trinajstić information content (AvgIpc) is 3.16. The molecule has 0 aliphatic carbocycles. The molecule has 0 bridgehead atoms. The molecule has 10 heteroatoms. The van der Waals surface area contributed by atoms with Crippen LogP contribution in [0.2, 0.25) is 0 Å². The van der Waals surface area contributed by atoms with Crippen LogP contribution in [0.4, 0.5) is 11.5 Å². The Morgan fingerprint density at radius 2 is 1.82 bits per heavy atom. The zero-order valence-electron chi connectivity index (χ0n) is 18.7. The van der Waals surface area contributed by atoms with Gasteiger partial charge in [0.25, 0.3) is 10.0 Å². The van der Waals surface area contributed by atoms with E-state index < -0.39 is 10.0 Å². The van der Waals surface area contributed by atoms with Crippen molar-refractivity contribution in [3.8, 4) is 11.5 Å². The minimum Gasteiger partial charge on any atom is -0.493 e. The first-order valence-corrected chi connectivity index (χ1v) is 11.5. The standard InChI is InChI=1S/C23H25N3O6S/c1-15(2)31-20-11-5-17(14-21(20)30-4)6-12-23(27)24-18-7-9-19(10-8-18)33(28,29)26-22-13-16(3)32-25-22/h5-15H,1-4H3,(H,24,27)(H,25,26)/b12-6+. The maximum atomic E-state index is 12.4. The van der Waals surface area contributed by atoms with Crippen LogP contribution in [0.1, 0.15) is 25.2 Å². The third kappa shape index (κ3) is 6.59. The number of amides is 1. The highest BCUT2D eigenvalue weighted by atomic mass is 32.2. The molecule has 0 unspecified atom stereocenters. The van der Waals surface area contributed by atoms with Gasteiger partial charge in [0.05, 0.1) is 18.1 Å². The number of ether oxygens (including phenoxy) is 2. The van der Waals surface area contributed by atoms with E-state index in [1.165, 1.54) is 36.4 Å². The maximum absolute atomic E-state index is 12.4. The molecule has 0 spiro atoms. The Labute approximate surface area is 192 Å². The molecule has 0 radical (unpaired) electrons. The van der Waals surface area contributed by atoms with Gasteiger partial charge in [-0.15, -0.1) is 0 Å². The molecule has 0 fully saturated rings. The lowest BCUT2D eigenvalue weighted by molar-refractivity contribution is -0.111. The molecule has 1 amide bonds. The van der Waals surface area contributed by atoms with Crippen LogP contribution in [0.3, 0.4) is 0 Å². The normalized spacial score (nSPS) is 11.5. The van der Waals surface area contributed by atoms with Gasteiger partial charge in [-0.25, -0.2) is 8.42 Å². The molecule has 1 heterocycles. The number of nitrogens with one attached hydrogen (secondary N) is 2. The van der Waals surface area contributed by atoms with Crippen LogP contribution in [0.15, 0.2) is 64.0 Å². The van der Waals surface area contributed by atoms with Crippen molar-refractivity contribution in [1.29, 1.82) is 0 Å². The van der Waals surface area contributed by atoms with Gasteiger partial charge < -0.3 is 19.3 Å². The first-order valence-electron chi connectivity index (χ1n) is 10.1. The summed E-state index contributed by atoms with van der Waals surface area (Å²) >= 11 is 0. The second-order valence-corrected chi connectivity index (χ2v) is 9.03. The molecule has 9 nitrogen and oxygen atoms in total. The monoisotopic (exact) mass is 471 g/mol. The highest BCUT2D eigenvalue weighted by Gasteiger charge is 2.16. The molecule has 174 valence electrons. The van der Waals surface area contributed by atoms with Gasteiger partial charge in [-0.3, -0.25) is 9.52 Å². The molecule has 3 rings (SSSR count). The number of hydrogen-bond donors (Lipinski definition) is 2. The summed E-state index contributed by atoms with van der Waals surface area (Å²) in [6.07, 6.45) is 3.02. The second kappa shape index (κ2) is 10.2. The Kier molecular flexibility index (Phi) is 7.39. The molecule has 1 aromatic heterocycles. The molecular weight excluding hydrogens is 446 g/mol. The summed E-state index contributed by atoms with van der Waals surface area (Å²) in [5, 5.41) is 6.30. The molecule has 0 atom stereocenters. The summed E-state index contributed by atoms with van der Waals surface area (Å²) in [4.78, 5) is 12.3. The van der Waals surface area contributed by atoms with Gasteiger partial charge in [0.15, 0.2) is 17.3 Å². The molecule has 0 aliphatic heterocycles. The van der Waals surface area contributed by atoms with Crippen molar-refractivity contribution in [2.75, 3.05) is 17.1 Å². The number of anilines is 2. The number of methoxy groups -OCH3 is 1. The fourth-order valence-corrected chi connectivity index (χ4v) is 3.81. The van der Waals surface area contributed by atoms with Gasteiger partial charge >= 0.3 is 0 Å². The van der Waals surface area contributed by atoms with Crippen LogP contribution in [-0.4, -0.2) is 32.7 Å². The molecule has 0 aliphatic rings. The Morgan fingerprint density at radius 1 is 1.09 bits per heavy atom. The van der Waals surface area contributed by atoms with Crippen molar-refractivity contribution in [2.45, 2.75) is 31.8 Å². The Bertz CT molecular complexity index is 1250. The number of aryl methyl sites for hydroxylation is 1. The Hall–Kier alpha value is -3.79. The number of carbonyl (C=O) groups excluding carboxylic acids is 1. The summed E-state index contributed by atoms with van der Waals surface area (Å²) in [6, 6.07) is 12.6. The Balaban J connectivity index is 1.63. The molecule has 2 aromatic carbocycles. The van der Waals surface area contributed by atoms with E-state index in [0.717, 1.165) is 5.56 Å². The number of benzene rings is 2. The number of carbonyl (C=O) groups is 1. The van der Waals surface area contributed by atoms with Gasteiger partial charge in [0.1, 0.15) is 5.76 Å². The summed E-state index contributed by atoms with van der Waals surface area (Å²) in [5.41, 5.74) is 1.20. The number of sulfonamides is 1. The van der Waals surface area contributed by atoms with E-state index in [-0.39, 0.29) is 22.7 Å². The van der Waals surface area contributed by atoms with Crippen molar-refractivity contribution in [2.24, 2.45) is 0 Å². The summed E-state index contributed by atoms with van der Waals surface area (Å²) in [7, 11) is -2.28. The van der Waals surface area contributed by atoms with Crippen LogP contribution < -0.4 is 19.5 Å². The molecular formula is C23H25N3O6S. The van der Waals surface area contributed by atoms with Gasteiger partial charge in [0.2, 0.25) is 5.91 Å². The quantitative estimate of drug-likeness (QED) is 0.448. The van der Waals surface area contributed by atoms with Crippen molar-refractivity contribution in [3.05, 3.63) is 65.9 Å². The predicted octanol–water partition coefficient (Wildman–Crippen LogP) is 4.23. The number of rotatable bonds is 9. The number of nitrogens with zero attached hydrogens (tertiary/aromatic N) is 1. The zero-order valence-corrected chi connectivity index (χ0v) is 19.5. The van der Waals surface area contributed by atoms with E-state index in [9.17, 15) is 13.2 Å². The lowest BCUT2D eigenvalue weighted by Crippen LogP contribution is -2.13. The van der Waals surface area contributed by atoms with Crippen LogP contribution in [-0.2, 0) is 14.8 Å². The highest BCUT2D eigenvalue weighted by Crippen LogP contribution is 2.29. The lowest BCUT2D eigenvalue weighted by Gasteiger charge is -2.13.